The lowest BCUT2D eigenvalue weighted by atomic mass is 10.0. The molecule has 1 rings (SSSR count). The number of hydrogen-bond acceptors (Lipinski definition) is 3. The first-order chi connectivity index (χ1) is 7.47. The van der Waals surface area contributed by atoms with Crippen LogP contribution in [0.3, 0.4) is 0 Å². The Labute approximate surface area is 99.9 Å². The van der Waals surface area contributed by atoms with Crippen molar-refractivity contribution in [2.75, 3.05) is 6.54 Å². The SMILES string of the molecule is CC(C)NCC(C)OC1CC(C)OC(C)C1. The number of ether oxygens (including phenoxy) is 2. The standard InChI is InChI=1S/C13H27NO2/c1-9(2)14-8-12(5)16-13-6-10(3)15-11(4)7-13/h9-14H,6-8H2,1-5H3. The van der Waals surface area contributed by atoms with Crippen molar-refractivity contribution in [1.29, 1.82) is 0 Å². The fourth-order valence-electron chi connectivity index (χ4n) is 2.23. The van der Waals surface area contributed by atoms with Gasteiger partial charge in [-0.15, -0.1) is 0 Å². The van der Waals surface area contributed by atoms with Crippen LogP contribution in [0.4, 0.5) is 0 Å². The summed E-state index contributed by atoms with van der Waals surface area (Å²) in [7, 11) is 0. The summed E-state index contributed by atoms with van der Waals surface area (Å²) >= 11 is 0. The number of hydrogen-bond donors (Lipinski definition) is 1. The summed E-state index contributed by atoms with van der Waals surface area (Å²) in [5, 5.41) is 3.40. The van der Waals surface area contributed by atoms with Gasteiger partial charge in [-0.25, -0.2) is 0 Å². The molecule has 1 heterocycles. The van der Waals surface area contributed by atoms with Crippen LogP contribution in [0.5, 0.6) is 0 Å². The Kier molecular flexibility index (Phi) is 5.73. The van der Waals surface area contributed by atoms with Crippen molar-refractivity contribution in [2.24, 2.45) is 0 Å². The highest BCUT2D eigenvalue weighted by molar-refractivity contribution is 4.75. The molecule has 3 heteroatoms. The van der Waals surface area contributed by atoms with E-state index in [1.54, 1.807) is 0 Å². The van der Waals surface area contributed by atoms with E-state index in [9.17, 15) is 0 Å². The first kappa shape index (κ1) is 13.9. The monoisotopic (exact) mass is 229 g/mol. The normalized spacial score (nSPS) is 33.0. The van der Waals surface area contributed by atoms with E-state index in [0.29, 0.717) is 24.4 Å². The van der Waals surface area contributed by atoms with Crippen molar-refractivity contribution in [3.63, 3.8) is 0 Å². The molecular formula is C13H27NO2. The molecule has 1 fully saturated rings. The average Bonchev–Trinajstić information content (AvgIpc) is 2.12. The summed E-state index contributed by atoms with van der Waals surface area (Å²) in [4.78, 5) is 0. The lowest BCUT2D eigenvalue weighted by Crippen LogP contribution is -2.39. The van der Waals surface area contributed by atoms with Crippen molar-refractivity contribution < 1.29 is 9.47 Å². The van der Waals surface area contributed by atoms with Crippen molar-refractivity contribution >= 4 is 0 Å². The summed E-state index contributed by atoms with van der Waals surface area (Å²) in [5.41, 5.74) is 0. The van der Waals surface area contributed by atoms with E-state index in [4.69, 9.17) is 9.47 Å². The average molecular weight is 229 g/mol. The molecule has 0 amide bonds. The second-order valence-corrected chi connectivity index (χ2v) is 5.36. The van der Waals surface area contributed by atoms with E-state index >= 15 is 0 Å². The van der Waals surface area contributed by atoms with Crippen molar-refractivity contribution in [2.45, 2.75) is 77.9 Å². The first-order valence-corrected chi connectivity index (χ1v) is 6.51. The van der Waals surface area contributed by atoms with Crippen LogP contribution in [0.2, 0.25) is 0 Å². The molecule has 1 aliphatic rings. The van der Waals surface area contributed by atoms with E-state index in [-0.39, 0.29) is 6.10 Å². The molecule has 1 aliphatic heterocycles. The van der Waals surface area contributed by atoms with Gasteiger partial charge in [-0.3, -0.25) is 0 Å². The van der Waals surface area contributed by atoms with Crippen LogP contribution in [-0.2, 0) is 9.47 Å². The summed E-state index contributed by atoms with van der Waals surface area (Å²) < 4.78 is 11.7. The minimum atomic E-state index is 0.282. The molecule has 0 aromatic rings. The number of nitrogens with one attached hydrogen (secondary N) is 1. The van der Waals surface area contributed by atoms with Crippen LogP contribution in [0.25, 0.3) is 0 Å². The molecule has 1 saturated heterocycles. The van der Waals surface area contributed by atoms with E-state index in [0.717, 1.165) is 19.4 Å². The van der Waals surface area contributed by atoms with Gasteiger partial charge in [0.15, 0.2) is 0 Å². The number of rotatable bonds is 5. The maximum Gasteiger partial charge on any atom is 0.0675 e. The van der Waals surface area contributed by atoms with Gasteiger partial charge in [0, 0.05) is 12.6 Å². The maximum absolute atomic E-state index is 6.04. The van der Waals surface area contributed by atoms with Gasteiger partial charge < -0.3 is 14.8 Å². The molecule has 16 heavy (non-hydrogen) atoms. The summed E-state index contributed by atoms with van der Waals surface area (Å²) in [5.74, 6) is 0. The zero-order valence-corrected chi connectivity index (χ0v) is 11.3. The molecule has 0 saturated carbocycles. The molecule has 96 valence electrons. The van der Waals surface area contributed by atoms with E-state index in [1.165, 1.54) is 0 Å². The van der Waals surface area contributed by atoms with Gasteiger partial charge in [0.05, 0.1) is 24.4 Å². The van der Waals surface area contributed by atoms with Crippen molar-refractivity contribution in [1.82, 2.24) is 5.32 Å². The van der Waals surface area contributed by atoms with Crippen LogP contribution < -0.4 is 5.32 Å². The van der Waals surface area contributed by atoms with Gasteiger partial charge in [0.25, 0.3) is 0 Å². The Hall–Kier alpha value is -0.120. The Morgan fingerprint density at radius 3 is 2.25 bits per heavy atom. The van der Waals surface area contributed by atoms with Gasteiger partial charge >= 0.3 is 0 Å². The van der Waals surface area contributed by atoms with E-state index in [1.807, 2.05) is 0 Å². The maximum atomic E-state index is 6.04. The summed E-state index contributed by atoms with van der Waals surface area (Å²) in [6, 6.07) is 0.526. The topological polar surface area (TPSA) is 30.5 Å². The van der Waals surface area contributed by atoms with Crippen molar-refractivity contribution in [3.05, 3.63) is 0 Å². The highest BCUT2D eigenvalue weighted by atomic mass is 16.5. The molecule has 3 nitrogen and oxygen atoms in total. The van der Waals surface area contributed by atoms with Gasteiger partial charge in [0.1, 0.15) is 0 Å². The van der Waals surface area contributed by atoms with Crippen LogP contribution in [-0.4, -0.2) is 37.0 Å². The third-order valence-corrected chi connectivity index (χ3v) is 2.89. The lowest BCUT2D eigenvalue weighted by molar-refractivity contribution is -0.117. The molecule has 3 atom stereocenters. The third kappa shape index (κ3) is 5.28. The second kappa shape index (κ2) is 6.58. The molecule has 0 aromatic heterocycles. The molecular weight excluding hydrogens is 202 g/mol. The van der Waals surface area contributed by atoms with Crippen molar-refractivity contribution in [3.8, 4) is 0 Å². The molecule has 0 spiro atoms. The van der Waals surface area contributed by atoms with Crippen LogP contribution in [0, 0.1) is 0 Å². The predicted octanol–water partition coefficient (Wildman–Crippen LogP) is 2.35. The fourth-order valence-corrected chi connectivity index (χ4v) is 2.23. The van der Waals surface area contributed by atoms with Gasteiger partial charge in [-0.1, -0.05) is 13.8 Å². The molecule has 1 N–H and O–H groups in total. The highest BCUT2D eigenvalue weighted by Gasteiger charge is 2.26. The largest absolute Gasteiger partial charge is 0.375 e. The smallest absolute Gasteiger partial charge is 0.0675 e. The van der Waals surface area contributed by atoms with Gasteiger partial charge in [-0.05, 0) is 33.6 Å². The molecule has 3 unspecified atom stereocenters. The van der Waals surface area contributed by atoms with Crippen LogP contribution in [0.15, 0.2) is 0 Å². The quantitative estimate of drug-likeness (QED) is 0.785. The summed E-state index contributed by atoms with van der Waals surface area (Å²) in [6.45, 7) is 11.6. The van der Waals surface area contributed by atoms with E-state index in [2.05, 4.69) is 39.9 Å². The van der Waals surface area contributed by atoms with E-state index < -0.39 is 0 Å². The molecule has 0 bridgehead atoms. The third-order valence-electron chi connectivity index (χ3n) is 2.89. The van der Waals surface area contributed by atoms with Crippen LogP contribution in [0.1, 0.15) is 47.5 Å². The predicted molar refractivity (Wildman–Crippen MR) is 66.7 cm³/mol. The Morgan fingerprint density at radius 1 is 1.19 bits per heavy atom. The van der Waals surface area contributed by atoms with Crippen LogP contribution >= 0.6 is 0 Å². The van der Waals surface area contributed by atoms with Gasteiger partial charge in [0.2, 0.25) is 0 Å². The van der Waals surface area contributed by atoms with Gasteiger partial charge in [-0.2, -0.15) is 0 Å². The Balaban J connectivity index is 2.24. The molecule has 0 aliphatic carbocycles. The fraction of sp³-hybridized carbons (Fsp3) is 1.00. The Bertz CT molecular complexity index is 186. The first-order valence-electron chi connectivity index (χ1n) is 6.51. The molecule has 0 radical (unpaired) electrons. The zero-order valence-electron chi connectivity index (χ0n) is 11.3. The summed E-state index contributed by atoms with van der Waals surface area (Å²) in [6.07, 6.45) is 3.36. The minimum absolute atomic E-state index is 0.282. The highest BCUT2D eigenvalue weighted by Crippen LogP contribution is 2.22. The molecule has 0 aromatic carbocycles. The zero-order chi connectivity index (χ0) is 12.1. The lowest BCUT2D eigenvalue weighted by Gasteiger charge is -2.33. The Morgan fingerprint density at radius 2 is 1.75 bits per heavy atom. The second-order valence-electron chi connectivity index (χ2n) is 5.36. The minimum Gasteiger partial charge on any atom is -0.375 e.